The third-order valence-electron chi connectivity index (χ3n) is 4.51. The second-order valence-electron chi connectivity index (χ2n) is 6.48. The molecule has 148 valence electrons. The van der Waals surface area contributed by atoms with Crippen LogP contribution in [0, 0.1) is 0 Å². The van der Waals surface area contributed by atoms with E-state index in [0.29, 0.717) is 31.4 Å². The minimum Gasteiger partial charge on any atom is -0.382 e. The van der Waals surface area contributed by atoms with Crippen molar-refractivity contribution in [3.05, 3.63) is 65.7 Å². The summed E-state index contributed by atoms with van der Waals surface area (Å²) in [6.07, 6.45) is 0.839. The largest absolute Gasteiger partial charge is 0.382 e. The Morgan fingerprint density at radius 1 is 1.10 bits per heavy atom. The number of aromatic nitrogens is 3. The topological polar surface area (TPSA) is 69.0 Å². The van der Waals surface area contributed by atoms with E-state index in [9.17, 15) is 4.79 Å². The number of rotatable bonds is 8. The summed E-state index contributed by atoms with van der Waals surface area (Å²) in [6, 6.07) is 17.7. The van der Waals surface area contributed by atoms with E-state index >= 15 is 0 Å². The van der Waals surface area contributed by atoms with Gasteiger partial charge in [0.1, 0.15) is 10.7 Å². The summed E-state index contributed by atoms with van der Waals surface area (Å²) in [5.41, 5.74) is 3.23. The first-order valence-corrected chi connectivity index (χ1v) is 10.5. The molecular weight excluding hydrogens is 384 g/mol. The second-order valence-corrected chi connectivity index (χ2v) is 7.34. The van der Waals surface area contributed by atoms with E-state index in [2.05, 4.69) is 15.3 Å². The van der Waals surface area contributed by atoms with Gasteiger partial charge >= 0.3 is 0 Å². The first kappa shape index (κ1) is 19.3. The van der Waals surface area contributed by atoms with Gasteiger partial charge in [-0.3, -0.25) is 10.1 Å². The molecular formula is C22H22N4O2S. The number of imidazole rings is 1. The van der Waals surface area contributed by atoms with Crippen LogP contribution in [0.2, 0.25) is 0 Å². The van der Waals surface area contributed by atoms with Crippen molar-refractivity contribution in [1.82, 2.24) is 14.5 Å². The van der Waals surface area contributed by atoms with Gasteiger partial charge in [0.25, 0.3) is 5.91 Å². The lowest BCUT2D eigenvalue weighted by Crippen LogP contribution is -2.17. The number of hydrogen-bond donors (Lipinski definition) is 1. The number of aryl methyl sites for hydroxylation is 1. The Labute approximate surface area is 173 Å². The highest BCUT2D eigenvalue weighted by Gasteiger charge is 2.17. The van der Waals surface area contributed by atoms with E-state index in [-0.39, 0.29) is 5.91 Å². The van der Waals surface area contributed by atoms with Gasteiger partial charge in [-0.2, -0.15) is 0 Å². The first-order valence-electron chi connectivity index (χ1n) is 9.61. The minimum atomic E-state index is -0.259. The van der Waals surface area contributed by atoms with Gasteiger partial charge < -0.3 is 9.30 Å². The van der Waals surface area contributed by atoms with E-state index < -0.39 is 0 Å². The number of nitrogens with one attached hydrogen (secondary N) is 1. The highest BCUT2D eigenvalue weighted by molar-refractivity contribution is 7.13. The van der Waals surface area contributed by atoms with E-state index in [1.54, 1.807) is 5.38 Å². The fraction of sp³-hybridized carbons (Fsp3) is 0.227. The lowest BCUT2D eigenvalue weighted by Gasteiger charge is -2.09. The van der Waals surface area contributed by atoms with Gasteiger partial charge in [0.15, 0.2) is 0 Å². The van der Waals surface area contributed by atoms with Crippen LogP contribution in [-0.4, -0.2) is 33.7 Å². The number of fused-ring (bicyclic) bond motifs is 1. The predicted molar refractivity (Wildman–Crippen MR) is 116 cm³/mol. The Bertz CT molecular complexity index is 1100. The standard InChI is InChI=1S/C22H22N4O2S/c1-2-28-14-8-13-26-19-12-7-6-11-17(19)24-22(26)25-20(27)18-15-29-21(23-18)16-9-4-3-5-10-16/h3-7,9-12,15H,2,8,13-14H2,1H3,(H,24,25,27). The van der Waals surface area contributed by atoms with Gasteiger partial charge in [-0.15, -0.1) is 11.3 Å². The highest BCUT2D eigenvalue weighted by Crippen LogP contribution is 2.25. The number of nitrogens with zero attached hydrogens (tertiary/aromatic N) is 3. The number of para-hydroxylation sites is 2. The summed E-state index contributed by atoms with van der Waals surface area (Å²) in [6.45, 7) is 4.06. The molecule has 0 saturated heterocycles. The Kier molecular flexibility index (Phi) is 5.97. The number of amides is 1. The maximum atomic E-state index is 12.8. The number of hydrogen-bond acceptors (Lipinski definition) is 5. The summed E-state index contributed by atoms with van der Waals surface area (Å²) < 4.78 is 7.47. The minimum absolute atomic E-state index is 0.259. The van der Waals surface area contributed by atoms with Crippen molar-refractivity contribution in [3.63, 3.8) is 0 Å². The smallest absolute Gasteiger partial charge is 0.277 e. The molecule has 29 heavy (non-hydrogen) atoms. The van der Waals surface area contributed by atoms with Crippen LogP contribution in [0.4, 0.5) is 5.95 Å². The monoisotopic (exact) mass is 406 g/mol. The molecule has 0 spiro atoms. The molecule has 2 aromatic carbocycles. The van der Waals surface area contributed by atoms with Crippen molar-refractivity contribution in [2.45, 2.75) is 19.9 Å². The zero-order chi connectivity index (χ0) is 20.1. The average molecular weight is 407 g/mol. The quantitative estimate of drug-likeness (QED) is 0.425. The summed E-state index contributed by atoms with van der Waals surface area (Å²) in [5.74, 6) is 0.270. The Morgan fingerprint density at radius 3 is 2.72 bits per heavy atom. The van der Waals surface area contributed by atoms with Crippen LogP contribution in [0.1, 0.15) is 23.8 Å². The van der Waals surface area contributed by atoms with E-state index in [1.807, 2.05) is 66.1 Å². The SMILES string of the molecule is CCOCCCn1c(NC(=O)c2csc(-c3ccccc3)n2)nc2ccccc21. The molecule has 6 nitrogen and oxygen atoms in total. The van der Waals surface area contributed by atoms with Crippen LogP contribution in [0.15, 0.2) is 60.0 Å². The van der Waals surface area contributed by atoms with Crippen molar-refractivity contribution in [2.24, 2.45) is 0 Å². The van der Waals surface area contributed by atoms with Gasteiger partial charge in [-0.25, -0.2) is 9.97 Å². The Morgan fingerprint density at radius 2 is 1.90 bits per heavy atom. The summed E-state index contributed by atoms with van der Waals surface area (Å²) in [4.78, 5) is 21.9. The van der Waals surface area contributed by atoms with Crippen LogP contribution < -0.4 is 5.32 Å². The van der Waals surface area contributed by atoms with Crippen LogP contribution in [0.5, 0.6) is 0 Å². The molecule has 0 saturated carbocycles. The third-order valence-corrected chi connectivity index (χ3v) is 5.40. The van der Waals surface area contributed by atoms with Gasteiger partial charge in [0, 0.05) is 30.7 Å². The van der Waals surface area contributed by atoms with E-state index in [0.717, 1.165) is 28.0 Å². The lowest BCUT2D eigenvalue weighted by atomic mass is 10.2. The van der Waals surface area contributed by atoms with Gasteiger partial charge in [0.05, 0.1) is 11.0 Å². The number of carbonyl (C=O) groups excluding carboxylic acids is 1. The normalized spacial score (nSPS) is 11.1. The van der Waals surface area contributed by atoms with Crippen molar-refractivity contribution in [2.75, 3.05) is 18.5 Å². The molecule has 4 rings (SSSR count). The molecule has 1 N–H and O–H groups in total. The zero-order valence-corrected chi connectivity index (χ0v) is 17.0. The first-order chi connectivity index (χ1) is 14.3. The summed E-state index contributed by atoms with van der Waals surface area (Å²) in [5, 5.41) is 5.54. The fourth-order valence-electron chi connectivity index (χ4n) is 3.12. The van der Waals surface area contributed by atoms with Crippen molar-refractivity contribution < 1.29 is 9.53 Å². The molecule has 0 atom stereocenters. The molecule has 0 bridgehead atoms. The molecule has 0 radical (unpaired) electrons. The Hall–Kier alpha value is -3.03. The van der Waals surface area contributed by atoms with Crippen molar-refractivity contribution in [1.29, 1.82) is 0 Å². The van der Waals surface area contributed by atoms with Crippen LogP contribution >= 0.6 is 11.3 Å². The Balaban J connectivity index is 1.55. The molecule has 2 heterocycles. The molecule has 0 aliphatic carbocycles. The molecule has 1 amide bonds. The number of thiazole rings is 1. The average Bonchev–Trinajstić information content (AvgIpc) is 3.37. The summed E-state index contributed by atoms with van der Waals surface area (Å²) in [7, 11) is 0. The predicted octanol–water partition coefficient (Wildman–Crippen LogP) is 4.84. The molecule has 0 fully saturated rings. The third kappa shape index (κ3) is 4.36. The number of carbonyl (C=O) groups is 1. The molecule has 0 aliphatic heterocycles. The summed E-state index contributed by atoms with van der Waals surface area (Å²) >= 11 is 1.45. The number of anilines is 1. The van der Waals surface area contributed by atoms with Crippen molar-refractivity contribution in [3.8, 4) is 10.6 Å². The highest BCUT2D eigenvalue weighted by atomic mass is 32.1. The molecule has 2 aromatic heterocycles. The van der Waals surface area contributed by atoms with E-state index in [1.165, 1.54) is 11.3 Å². The second kappa shape index (κ2) is 8.98. The van der Waals surface area contributed by atoms with Gasteiger partial charge in [-0.05, 0) is 25.5 Å². The van der Waals surface area contributed by atoms with Crippen LogP contribution in [-0.2, 0) is 11.3 Å². The van der Waals surface area contributed by atoms with Gasteiger partial charge in [0.2, 0.25) is 5.95 Å². The molecule has 0 unspecified atom stereocenters. The maximum absolute atomic E-state index is 12.8. The van der Waals surface area contributed by atoms with E-state index in [4.69, 9.17) is 4.74 Å². The van der Waals surface area contributed by atoms with Crippen molar-refractivity contribution >= 4 is 34.2 Å². The van der Waals surface area contributed by atoms with Crippen LogP contribution in [0.25, 0.3) is 21.6 Å². The number of benzene rings is 2. The lowest BCUT2D eigenvalue weighted by molar-refractivity contribution is 0.102. The van der Waals surface area contributed by atoms with Gasteiger partial charge in [-0.1, -0.05) is 42.5 Å². The molecule has 4 aromatic rings. The zero-order valence-electron chi connectivity index (χ0n) is 16.2. The molecule has 0 aliphatic rings. The fourth-order valence-corrected chi connectivity index (χ4v) is 3.93. The molecule has 7 heteroatoms. The van der Waals surface area contributed by atoms with Crippen LogP contribution in [0.3, 0.4) is 0 Å². The maximum Gasteiger partial charge on any atom is 0.277 e. The number of ether oxygens (including phenoxy) is 1.